The quantitative estimate of drug-likeness (QED) is 0.299. The van der Waals surface area contributed by atoms with Crippen molar-refractivity contribution in [2.45, 2.75) is 0 Å². The van der Waals surface area contributed by atoms with Gasteiger partial charge in [0.15, 0.2) is 0 Å². The Hall–Kier alpha value is -2.05. The zero-order valence-electron chi connectivity index (χ0n) is 13.4. The maximum Gasteiger partial charge on any atom is 0.0944 e. The van der Waals surface area contributed by atoms with Crippen molar-refractivity contribution in [3.8, 4) is 5.69 Å². The van der Waals surface area contributed by atoms with Crippen molar-refractivity contribution in [1.82, 2.24) is 9.78 Å². The maximum atomic E-state index is 4.85. The van der Waals surface area contributed by atoms with Crippen LogP contribution in [0.4, 0.5) is 0 Å². The molecule has 2 nitrogen and oxygen atoms in total. The van der Waals surface area contributed by atoms with E-state index < -0.39 is 7.92 Å². The van der Waals surface area contributed by atoms with Crippen molar-refractivity contribution in [1.29, 1.82) is 0 Å². The first-order valence-electron chi connectivity index (χ1n) is 7.85. The van der Waals surface area contributed by atoms with E-state index in [1.54, 1.807) is 0 Å². The topological polar surface area (TPSA) is 17.8 Å². The molecular formula is C21H16IrN2P-. The summed E-state index contributed by atoms with van der Waals surface area (Å²) >= 11 is 0. The van der Waals surface area contributed by atoms with E-state index in [0.717, 1.165) is 11.1 Å². The van der Waals surface area contributed by atoms with Crippen LogP contribution in [-0.4, -0.2) is 9.78 Å². The minimum Gasteiger partial charge on any atom is -0.265 e. The number of aromatic nitrogens is 2. The van der Waals surface area contributed by atoms with Crippen molar-refractivity contribution >= 4 is 24.0 Å². The van der Waals surface area contributed by atoms with Gasteiger partial charge in [-0.15, -0.1) is 6.07 Å². The molecule has 0 aliphatic carbocycles. The SMILES string of the molecule is [Ir].[c-]1ccccc1-n1ccc(P(c2ccccc2)c2ccccc2)n1. The fourth-order valence-corrected chi connectivity index (χ4v) is 4.83. The van der Waals surface area contributed by atoms with Crippen LogP contribution in [0.3, 0.4) is 0 Å². The molecule has 4 aromatic rings. The van der Waals surface area contributed by atoms with Crippen LogP contribution in [0.1, 0.15) is 0 Å². The molecule has 0 amide bonds. The third kappa shape index (κ3) is 3.96. The monoisotopic (exact) mass is 520 g/mol. The molecule has 0 saturated carbocycles. The Balaban J connectivity index is 0.00000182. The second kappa shape index (κ2) is 8.36. The summed E-state index contributed by atoms with van der Waals surface area (Å²) in [6.07, 6.45) is 2.02. The average Bonchev–Trinajstić information content (AvgIpc) is 3.14. The summed E-state index contributed by atoms with van der Waals surface area (Å²) in [5.41, 5.74) is 2.06. The molecule has 1 radical (unpaired) electrons. The number of nitrogens with zero attached hydrogens (tertiary/aromatic N) is 2. The zero-order chi connectivity index (χ0) is 16.2. The summed E-state index contributed by atoms with van der Waals surface area (Å²) < 4.78 is 1.90. The van der Waals surface area contributed by atoms with E-state index >= 15 is 0 Å². The van der Waals surface area contributed by atoms with Gasteiger partial charge in [-0.1, -0.05) is 60.7 Å². The van der Waals surface area contributed by atoms with Crippen LogP contribution in [0, 0.1) is 6.07 Å². The van der Waals surface area contributed by atoms with Crippen molar-refractivity contribution < 1.29 is 20.1 Å². The van der Waals surface area contributed by atoms with Gasteiger partial charge < -0.3 is 0 Å². The van der Waals surface area contributed by atoms with E-state index in [-0.39, 0.29) is 20.1 Å². The average molecular weight is 520 g/mol. The van der Waals surface area contributed by atoms with Gasteiger partial charge in [0, 0.05) is 34.2 Å². The molecule has 125 valence electrons. The number of hydrogen-bond acceptors (Lipinski definition) is 1. The summed E-state index contributed by atoms with van der Waals surface area (Å²) in [6, 6.07) is 34.5. The van der Waals surface area contributed by atoms with Gasteiger partial charge in [0.05, 0.1) is 5.44 Å². The van der Waals surface area contributed by atoms with E-state index in [9.17, 15) is 0 Å². The normalized spacial score (nSPS) is 10.4. The van der Waals surface area contributed by atoms with Gasteiger partial charge in [-0.2, -0.15) is 29.4 Å². The van der Waals surface area contributed by atoms with Crippen molar-refractivity contribution in [2.75, 3.05) is 0 Å². The minimum absolute atomic E-state index is 0. The molecule has 0 bridgehead atoms. The second-order valence-electron chi connectivity index (χ2n) is 5.37. The third-order valence-corrected chi connectivity index (χ3v) is 6.10. The van der Waals surface area contributed by atoms with E-state index in [0.29, 0.717) is 0 Å². The summed E-state index contributed by atoms with van der Waals surface area (Å²) in [7, 11) is -0.661. The Bertz CT molecular complexity index is 869. The fraction of sp³-hybridized carbons (Fsp3) is 0. The van der Waals surface area contributed by atoms with Gasteiger partial charge in [0.1, 0.15) is 0 Å². The Labute approximate surface area is 162 Å². The van der Waals surface area contributed by atoms with Gasteiger partial charge in [-0.25, -0.2) is 0 Å². The molecular weight excluding hydrogens is 503 g/mol. The first-order chi connectivity index (χ1) is 11.9. The first kappa shape index (κ1) is 17.8. The Morgan fingerprint density at radius 1 is 0.720 bits per heavy atom. The fourth-order valence-electron chi connectivity index (χ4n) is 2.66. The van der Waals surface area contributed by atoms with Crippen LogP contribution in [0.2, 0.25) is 0 Å². The summed E-state index contributed by atoms with van der Waals surface area (Å²) in [6.45, 7) is 0. The van der Waals surface area contributed by atoms with E-state index in [2.05, 4.69) is 72.8 Å². The molecule has 0 saturated heterocycles. The predicted octanol–water partition coefficient (Wildman–Crippen LogP) is 3.43. The van der Waals surface area contributed by atoms with Crippen LogP contribution in [0.5, 0.6) is 0 Å². The molecule has 4 rings (SSSR count). The first-order valence-corrected chi connectivity index (χ1v) is 9.19. The molecule has 0 aliphatic heterocycles. The maximum absolute atomic E-state index is 4.85. The number of para-hydroxylation sites is 1. The molecule has 0 atom stereocenters. The Morgan fingerprint density at radius 3 is 1.88 bits per heavy atom. The molecule has 4 heteroatoms. The molecule has 0 N–H and O–H groups in total. The zero-order valence-corrected chi connectivity index (χ0v) is 16.7. The van der Waals surface area contributed by atoms with E-state index in [1.807, 2.05) is 35.1 Å². The summed E-state index contributed by atoms with van der Waals surface area (Å²) in [4.78, 5) is 0. The number of hydrogen-bond donors (Lipinski definition) is 0. The van der Waals surface area contributed by atoms with Crippen molar-refractivity contribution in [3.63, 3.8) is 0 Å². The van der Waals surface area contributed by atoms with E-state index in [1.165, 1.54) is 10.6 Å². The number of rotatable bonds is 4. The third-order valence-electron chi connectivity index (χ3n) is 3.77. The summed E-state index contributed by atoms with van der Waals surface area (Å²) in [5.74, 6) is 0. The van der Waals surface area contributed by atoms with Crippen molar-refractivity contribution in [3.05, 3.63) is 103 Å². The smallest absolute Gasteiger partial charge is 0.0944 e. The summed E-state index contributed by atoms with van der Waals surface area (Å²) in [5, 5.41) is 7.46. The molecule has 0 spiro atoms. The van der Waals surface area contributed by atoms with Gasteiger partial charge in [-0.3, -0.25) is 4.68 Å². The Kier molecular flexibility index (Phi) is 5.94. The largest absolute Gasteiger partial charge is 0.265 e. The van der Waals surface area contributed by atoms with Crippen LogP contribution in [0.15, 0.2) is 97.2 Å². The second-order valence-corrected chi connectivity index (χ2v) is 7.53. The molecule has 3 aromatic carbocycles. The van der Waals surface area contributed by atoms with Gasteiger partial charge in [0.2, 0.25) is 0 Å². The molecule has 0 fully saturated rings. The molecule has 25 heavy (non-hydrogen) atoms. The van der Waals surface area contributed by atoms with Gasteiger partial charge in [0.25, 0.3) is 0 Å². The van der Waals surface area contributed by atoms with Crippen molar-refractivity contribution in [2.24, 2.45) is 0 Å². The molecule has 0 aliphatic rings. The Morgan fingerprint density at radius 2 is 1.32 bits per heavy atom. The predicted molar refractivity (Wildman–Crippen MR) is 101 cm³/mol. The minimum atomic E-state index is -0.661. The molecule has 0 unspecified atom stereocenters. The standard InChI is InChI=1S/C21H16N2P.Ir/c1-4-10-18(11-5-1)23-17-16-21(22-23)24(19-12-6-2-7-13-19)20-14-8-3-9-15-20;/h1-10,12-17H;/q-1;. The van der Waals surface area contributed by atoms with Gasteiger partial charge >= 0.3 is 0 Å². The van der Waals surface area contributed by atoms with Crippen LogP contribution >= 0.6 is 7.92 Å². The van der Waals surface area contributed by atoms with Gasteiger partial charge in [-0.05, 0) is 22.4 Å². The molecule has 1 aromatic heterocycles. The molecule has 1 heterocycles. The van der Waals surface area contributed by atoms with E-state index in [4.69, 9.17) is 5.10 Å². The number of benzene rings is 3. The van der Waals surface area contributed by atoms with Crippen LogP contribution in [-0.2, 0) is 20.1 Å². The van der Waals surface area contributed by atoms with Crippen LogP contribution < -0.4 is 16.0 Å². The van der Waals surface area contributed by atoms with Crippen LogP contribution in [0.25, 0.3) is 5.69 Å².